The maximum Gasteiger partial charge on any atom is 0.303 e. The van der Waals surface area contributed by atoms with Gasteiger partial charge in [0.25, 0.3) is 0 Å². The summed E-state index contributed by atoms with van der Waals surface area (Å²) in [5.74, 6) is -1.65. The van der Waals surface area contributed by atoms with Gasteiger partial charge in [0.05, 0.1) is 17.4 Å². The molecule has 0 aromatic heterocycles. The van der Waals surface area contributed by atoms with Crippen LogP contribution < -0.4 is 0 Å². The number of hydrogen-bond acceptors (Lipinski definition) is 4. The molecule has 1 heterocycles. The molecule has 0 radical (unpaired) electrons. The molecule has 7 heteroatoms. The molecular weight excluding hydrogens is 318 g/mol. The summed E-state index contributed by atoms with van der Waals surface area (Å²) in [6.07, 6.45) is 0.695. The van der Waals surface area contributed by atoms with Gasteiger partial charge in [-0.2, -0.15) is 0 Å². The quantitative estimate of drug-likeness (QED) is 0.809. The molecule has 1 aliphatic heterocycles. The Morgan fingerprint density at radius 1 is 1.22 bits per heavy atom. The highest BCUT2D eigenvalue weighted by atomic mass is 32.2. The van der Waals surface area contributed by atoms with Crippen LogP contribution in [-0.4, -0.2) is 48.4 Å². The lowest BCUT2D eigenvalue weighted by molar-refractivity contribution is -0.139. The van der Waals surface area contributed by atoms with E-state index in [1.165, 1.54) is 0 Å². The van der Waals surface area contributed by atoms with E-state index in [-0.39, 0.29) is 23.8 Å². The average molecular weight is 339 g/mol. The SMILES string of the molecule is O=C(O)CCCN(Cc1ccccc1)C(=O)C1CCS(=O)(=O)C1. The summed E-state index contributed by atoms with van der Waals surface area (Å²) in [7, 11) is -3.12. The van der Waals surface area contributed by atoms with Gasteiger partial charge in [-0.25, -0.2) is 8.42 Å². The molecular formula is C16H21NO5S. The summed E-state index contributed by atoms with van der Waals surface area (Å²) in [5.41, 5.74) is 0.942. The van der Waals surface area contributed by atoms with Gasteiger partial charge < -0.3 is 10.0 Å². The van der Waals surface area contributed by atoms with E-state index in [9.17, 15) is 18.0 Å². The summed E-state index contributed by atoms with van der Waals surface area (Å²) >= 11 is 0. The molecule has 0 aliphatic carbocycles. The van der Waals surface area contributed by atoms with Gasteiger partial charge in [0.1, 0.15) is 0 Å². The van der Waals surface area contributed by atoms with Gasteiger partial charge in [-0.3, -0.25) is 9.59 Å². The molecule has 1 fully saturated rings. The molecule has 0 bridgehead atoms. The Kier molecular flexibility index (Phi) is 5.76. The lowest BCUT2D eigenvalue weighted by Crippen LogP contribution is -2.37. The van der Waals surface area contributed by atoms with Crippen LogP contribution in [0.3, 0.4) is 0 Å². The lowest BCUT2D eigenvalue weighted by Gasteiger charge is -2.25. The highest BCUT2D eigenvalue weighted by Gasteiger charge is 2.35. The van der Waals surface area contributed by atoms with Gasteiger partial charge in [-0.1, -0.05) is 30.3 Å². The molecule has 1 N–H and O–H groups in total. The lowest BCUT2D eigenvalue weighted by atomic mass is 10.1. The van der Waals surface area contributed by atoms with E-state index in [0.717, 1.165) is 5.56 Å². The van der Waals surface area contributed by atoms with Crippen LogP contribution in [0.2, 0.25) is 0 Å². The van der Waals surface area contributed by atoms with Crippen LogP contribution in [-0.2, 0) is 26.0 Å². The Bertz CT molecular complexity index is 656. The molecule has 6 nitrogen and oxygen atoms in total. The minimum absolute atomic E-state index is 0.0124. The fourth-order valence-corrected chi connectivity index (χ4v) is 4.47. The highest BCUT2D eigenvalue weighted by Crippen LogP contribution is 2.22. The van der Waals surface area contributed by atoms with E-state index in [4.69, 9.17) is 5.11 Å². The molecule has 1 unspecified atom stereocenters. The molecule has 1 amide bonds. The summed E-state index contributed by atoms with van der Waals surface area (Å²) in [6.45, 7) is 0.687. The van der Waals surface area contributed by atoms with E-state index in [2.05, 4.69) is 0 Å². The second-order valence-corrected chi connectivity index (χ2v) is 8.07. The standard InChI is InChI=1S/C16H21NO5S/c18-15(19)7-4-9-17(11-13-5-2-1-3-6-13)16(20)14-8-10-23(21,22)12-14/h1-3,5-6,14H,4,7-12H2,(H,18,19). The van der Waals surface area contributed by atoms with Crippen molar-refractivity contribution in [3.63, 3.8) is 0 Å². The van der Waals surface area contributed by atoms with Crippen molar-refractivity contribution in [1.82, 2.24) is 4.90 Å². The first-order valence-electron chi connectivity index (χ1n) is 7.62. The summed E-state index contributed by atoms with van der Waals surface area (Å²) in [4.78, 5) is 24.9. The monoisotopic (exact) mass is 339 g/mol. The highest BCUT2D eigenvalue weighted by molar-refractivity contribution is 7.91. The Balaban J connectivity index is 2.05. The van der Waals surface area contributed by atoms with Gasteiger partial charge in [0.15, 0.2) is 9.84 Å². The van der Waals surface area contributed by atoms with Crippen molar-refractivity contribution >= 4 is 21.7 Å². The third-order valence-electron chi connectivity index (χ3n) is 3.93. The van der Waals surface area contributed by atoms with Gasteiger partial charge in [-0.05, 0) is 18.4 Å². The number of nitrogens with zero attached hydrogens (tertiary/aromatic N) is 1. The summed E-state index contributed by atoms with van der Waals surface area (Å²) < 4.78 is 23.2. The maximum atomic E-state index is 12.6. The summed E-state index contributed by atoms with van der Waals surface area (Å²) in [6, 6.07) is 9.40. The number of benzene rings is 1. The van der Waals surface area contributed by atoms with Crippen molar-refractivity contribution in [3.8, 4) is 0 Å². The van der Waals surface area contributed by atoms with E-state index < -0.39 is 21.7 Å². The molecule has 1 atom stereocenters. The van der Waals surface area contributed by atoms with Crippen LogP contribution in [0.5, 0.6) is 0 Å². The molecule has 1 aromatic rings. The predicted molar refractivity (Wildman–Crippen MR) is 85.5 cm³/mol. The van der Waals surface area contributed by atoms with Crippen LogP contribution >= 0.6 is 0 Å². The minimum Gasteiger partial charge on any atom is -0.481 e. The van der Waals surface area contributed by atoms with Crippen molar-refractivity contribution < 1.29 is 23.1 Å². The van der Waals surface area contributed by atoms with E-state index in [1.54, 1.807) is 4.90 Å². The fraction of sp³-hybridized carbons (Fsp3) is 0.500. The number of carbonyl (C=O) groups is 2. The molecule has 0 spiro atoms. The zero-order valence-electron chi connectivity index (χ0n) is 12.8. The molecule has 126 valence electrons. The molecule has 1 saturated heterocycles. The Morgan fingerprint density at radius 2 is 1.91 bits per heavy atom. The molecule has 1 aliphatic rings. The maximum absolute atomic E-state index is 12.6. The number of carboxylic acid groups (broad SMARTS) is 1. The number of sulfone groups is 1. The van der Waals surface area contributed by atoms with Gasteiger partial charge >= 0.3 is 5.97 Å². The normalized spacial score (nSPS) is 19.4. The average Bonchev–Trinajstić information content (AvgIpc) is 2.86. The number of carboxylic acids is 1. The molecule has 2 rings (SSSR count). The van der Waals surface area contributed by atoms with Crippen molar-refractivity contribution in [2.45, 2.75) is 25.8 Å². The fourth-order valence-electron chi connectivity index (χ4n) is 2.74. The zero-order valence-corrected chi connectivity index (χ0v) is 13.7. The third kappa shape index (κ3) is 5.35. The van der Waals surface area contributed by atoms with Crippen molar-refractivity contribution in [1.29, 1.82) is 0 Å². The Morgan fingerprint density at radius 3 is 2.48 bits per heavy atom. The Hall–Kier alpha value is -1.89. The number of hydrogen-bond donors (Lipinski definition) is 1. The largest absolute Gasteiger partial charge is 0.481 e. The van der Waals surface area contributed by atoms with E-state index >= 15 is 0 Å². The molecule has 23 heavy (non-hydrogen) atoms. The van der Waals surface area contributed by atoms with Crippen molar-refractivity contribution in [2.24, 2.45) is 5.92 Å². The first-order chi connectivity index (χ1) is 10.9. The number of rotatable bonds is 7. The van der Waals surface area contributed by atoms with Gasteiger partial charge in [0.2, 0.25) is 5.91 Å². The van der Waals surface area contributed by atoms with E-state index in [1.807, 2.05) is 30.3 Å². The molecule has 1 aromatic carbocycles. The first-order valence-corrected chi connectivity index (χ1v) is 9.44. The number of aliphatic carboxylic acids is 1. The number of amides is 1. The van der Waals surface area contributed by atoms with Crippen LogP contribution in [0, 0.1) is 5.92 Å². The zero-order chi connectivity index (χ0) is 16.9. The van der Waals surface area contributed by atoms with Gasteiger partial charge in [-0.15, -0.1) is 0 Å². The van der Waals surface area contributed by atoms with Crippen molar-refractivity contribution in [2.75, 3.05) is 18.1 Å². The third-order valence-corrected chi connectivity index (χ3v) is 5.70. The van der Waals surface area contributed by atoms with Crippen LogP contribution in [0.1, 0.15) is 24.8 Å². The predicted octanol–water partition coefficient (Wildman–Crippen LogP) is 1.31. The first kappa shape index (κ1) is 17.5. The van der Waals surface area contributed by atoms with Crippen LogP contribution in [0.15, 0.2) is 30.3 Å². The summed E-state index contributed by atoms with van der Waals surface area (Å²) in [5, 5.41) is 8.75. The topological polar surface area (TPSA) is 91.8 Å². The smallest absolute Gasteiger partial charge is 0.303 e. The van der Waals surface area contributed by atoms with Gasteiger partial charge in [0, 0.05) is 19.5 Å². The van der Waals surface area contributed by atoms with Crippen molar-refractivity contribution in [3.05, 3.63) is 35.9 Å². The minimum atomic E-state index is -3.12. The Labute approximate surface area is 136 Å². The number of carbonyl (C=O) groups excluding carboxylic acids is 1. The van der Waals surface area contributed by atoms with Crippen LogP contribution in [0.25, 0.3) is 0 Å². The second kappa shape index (κ2) is 7.59. The second-order valence-electron chi connectivity index (χ2n) is 5.84. The van der Waals surface area contributed by atoms with Crippen LogP contribution in [0.4, 0.5) is 0 Å². The van der Waals surface area contributed by atoms with E-state index in [0.29, 0.717) is 25.9 Å². The molecule has 0 saturated carbocycles.